The van der Waals surface area contributed by atoms with Crippen molar-refractivity contribution >= 4 is 27.9 Å². The molecule has 0 spiro atoms. The Hall–Kier alpha value is -2.92. The molecule has 4 nitrogen and oxygen atoms in total. The molecule has 0 atom stereocenters. The van der Waals surface area contributed by atoms with Gasteiger partial charge < -0.3 is 0 Å². The molecule has 0 aliphatic heterocycles. The zero-order chi connectivity index (χ0) is 18.6. The van der Waals surface area contributed by atoms with E-state index in [1.807, 2.05) is 62.4 Å². The van der Waals surface area contributed by atoms with Gasteiger partial charge in [-0.3, -0.25) is 9.71 Å². The summed E-state index contributed by atoms with van der Waals surface area (Å²) in [5.41, 5.74) is 4.25. The summed E-state index contributed by atoms with van der Waals surface area (Å²) in [7, 11) is -3.62. The van der Waals surface area contributed by atoms with Crippen LogP contribution < -0.4 is 4.72 Å². The highest BCUT2D eigenvalue weighted by Crippen LogP contribution is 2.20. The molecule has 0 saturated carbocycles. The number of nitrogens with zero attached hydrogens (tertiary/aromatic N) is 1. The first-order valence-corrected chi connectivity index (χ1v) is 9.72. The molecule has 0 amide bonds. The summed E-state index contributed by atoms with van der Waals surface area (Å²) < 4.78 is 27.9. The van der Waals surface area contributed by atoms with Crippen LogP contribution in [0.25, 0.3) is 12.2 Å². The molecule has 26 heavy (non-hydrogen) atoms. The molecule has 0 saturated heterocycles. The Morgan fingerprint density at radius 3 is 2.46 bits per heavy atom. The van der Waals surface area contributed by atoms with Crippen molar-refractivity contribution in [2.24, 2.45) is 0 Å². The van der Waals surface area contributed by atoms with Gasteiger partial charge in [-0.1, -0.05) is 30.3 Å². The third kappa shape index (κ3) is 4.37. The maximum absolute atomic E-state index is 12.6. The fraction of sp³-hybridized carbons (Fsp3) is 0.0952. The number of aryl methyl sites for hydroxylation is 2. The smallest absolute Gasteiger partial charge is 0.261 e. The lowest BCUT2D eigenvalue weighted by molar-refractivity contribution is 0.601. The van der Waals surface area contributed by atoms with Crippen molar-refractivity contribution < 1.29 is 8.42 Å². The second-order valence-corrected chi connectivity index (χ2v) is 7.75. The number of hydrogen-bond acceptors (Lipinski definition) is 3. The first-order valence-electron chi connectivity index (χ1n) is 8.23. The molecule has 1 heterocycles. The van der Waals surface area contributed by atoms with Gasteiger partial charge in [0.1, 0.15) is 0 Å². The summed E-state index contributed by atoms with van der Waals surface area (Å²) in [6.45, 7) is 3.86. The molecule has 2 aromatic carbocycles. The monoisotopic (exact) mass is 364 g/mol. The normalized spacial score (nSPS) is 11.6. The summed E-state index contributed by atoms with van der Waals surface area (Å²) >= 11 is 0. The van der Waals surface area contributed by atoms with E-state index < -0.39 is 10.0 Å². The maximum atomic E-state index is 12.6. The van der Waals surface area contributed by atoms with Crippen LogP contribution in [0.4, 0.5) is 5.69 Å². The van der Waals surface area contributed by atoms with E-state index in [1.54, 1.807) is 30.5 Å². The molecular weight excluding hydrogens is 344 g/mol. The number of nitrogens with one attached hydrogen (secondary N) is 1. The van der Waals surface area contributed by atoms with Crippen LogP contribution in [0, 0.1) is 13.8 Å². The van der Waals surface area contributed by atoms with Crippen LogP contribution in [0.15, 0.2) is 71.8 Å². The molecule has 0 bridgehead atoms. The fourth-order valence-corrected chi connectivity index (χ4v) is 3.59. The summed E-state index contributed by atoms with van der Waals surface area (Å²) in [5, 5.41) is 0. The lowest BCUT2D eigenvalue weighted by Gasteiger charge is -2.10. The number of benzene rings is 2. The van der Waals surface area contributed by atoms with E-state index in [0.29, 0.717) is 5.69 Å². The molecule has 132 valence electrons. The van der Waals surface area contributed by atoms with Crippen LogP contribution in [-0.2, 0) is 10.0 Å². The van der Waals surface area contributed by atoms with E-state index in [4.69, 9.17) is 0 Å². The van der Waals surface area contributed by atoms with Crippen molar-refractivity contribution in [3.8, 4) is 0 Å². The predicted molar refractivity (Wildman–Crippen MR) is 106 cm³/mol. The Kier molecular flexibility index (Phi) is 5.19. The lowest BCUT2D eigenvalue weighted by Crippen LogP contribution is -2.13. The largest absolute Gasteiger partial charge is 0.280 e. The molecule has 0 radical (unpaired) electrons. The molecule has 0 aliphatic carbocycles. The van der Waals surface area contributed by atoms with Gasteiger partial charge in [-0.2, -0.15) is 0 Å². The Balaban J connectivity index is 1.82. The molecule has 0 unspecified atom stereocenters. The summed E-state index contributed by atoms with van der Waals surface area (Å²) in [4.78, 5) is 4.49. The van der Waals surface area contributed by atoms with E-state index in [1.165, 1.54) is 0 Å². The van der Waals surface area contributed by atoms with Gasteiger partial charge in [0.15, 0.2) is 0 Å². The summed E-state index contributed by atoms with van der Waals surface area (Å²) in [6, 6.07) is 18.1. The average molecular weight is 364 g/mol. The third-order valence-corrected chi connectivity index (χ3v) is 5.44. The quantitative estimate of drug-likeness (QED) is 0.716. The summed E-state index contributed by atoms with van der Waals surface area (Å²) in [6.07, 6.45) is 5.51. The highest BCUT2D eigenvalue weighted by Gasteiger charge is 2.14. The molecule has 0 aliphatic rings. The lowest BCUT2D eigenvalue weighted by atomic mass is 10.1. The maximum Gasteiger partial charge on any atom is 0.261 e. The van der Waals surface area contributed by atoms with Gasteiger partial charge in [0.05, 0.1) is 10.6 Å². The van der Waals surface area contributed by atoms with Gasteiger partial charge in [-0.05, 0) is 73.0 Å². The van der Waals surface area contributed by atoms with Crippen molar-refractivity contribution in [3.63, 3.8) is 0 Å². The zero-order valence-electron chi connectivity index (χ0n) is 14.7. The second kappa shape index (κ2) is 7.54. The first-order chi connectivity index (χ1) is 12.4. The van der Waals surface area contributed by atoms with Crippen molar-refractivity contribution in [2.75, 3.05) is 4.72 Å². The minimum absolute atomic E-state index is 0.259. The van der Waals surface area contributed by atoms with Crippen LogP contribution in [-0.4, -0.2) is 13.4 Å². The van der Waals surface area contributed by atoms with E-state index in [9.17, 15) is 8.42 Å². The van der Waals surface area contributed by atoms with E-state index >= 15 is 0 Å². The van der Waals surface area contributed by atoms with Crippen LogP contribution in [0.5, 0.6) is 0 Å². The first kappa shape index (κ1) is 17.9. The Labute approximate surface area is 154 Å². The highest BCUT2D eigenvalue weighted by molar-refractivity contribution is 7.92. The SMILES string of the molecule is Cc1ccc(S(=O)(=O)Nc2cccc(/C=C/c3ccccn3)c2)cc1C. The Morgan fingerprint density at radius 2 is 1.73 bits per heavy atom. The van der Waals surface area contributed by atoms with E-state index in [2.05, 4.69) is 9.71 Å². The van der Waals surface area contributed by atoms with Gasteiger partial charge in [-0.15, -0.1) is 0 Å². The topological polar surface area (TPSA) is 59.1 Å². The third-order valence-electron chi connectivity index (χ3n) is 4.06. The molecule has 1 N–H and O–H groups in total. The van der Waals surface area contributed by atoms with Crippen molar-refractivity contribution in [1.29, 1.82) is 0 Å². The highest BCUT2D eigenvalue weighted by atomic mass is 32.2. The van der Waals surface area contributed by atoms with Crippen molar-refractivity contribution in [1.82, 2.24) is 4.98 Å². The van der Waals surface area contributed by atoms with Gasteiger partial charge in [0, 0.05) is 11.9 Å². The van der Waals surface area contributed by atoms with Crippen molar-refractivity contribution in [3.05, 3.63) is 89.2 Å². The minimum Gasteiger partial charge on any atom is -0.280 e. The molecule has 3 rings (SSSR count). The molecule has 3 aromatic rings. The standard InChI is InChI=1S/C21H20N2O2S/c1-16-9-12-21(14-17(16)2)26(24,25)23-20-8-5-6-18(15-20)10-11-19-7-3-4-13-22-19/h3-15,23H,1-2H3/b11-10+. The van der Waals surface area contributed by atoms with Gasteiger partial charge in [0.2, 0.25) is 0 Å². The number of aromatic nitrogens is 1. The Bertz CT molecular complexity index is 1040. The van der Waals surface area contributed by atoms with Crippen LogP contribution in [0.3, 0.4) is 0 Å². The zero-order valence-corrected chi connectivity index (χ0v) is 15.5. The van der Waals surface area contributed by atoms with Crippen molar-refractivity contribution in [2.45, 2.75) is 18.7 Å². The average Bonchev–Trinajstić information content (AvgIpc) is 2.63. The van der Waals surface area contributed by atoms with E-state index in [0.717, 1.165) is 22.4 Å². The van der Waals surface area contributed by atoms with E-state index in [-0.39, 0.29) is 4.90 Å². The van der Waals surface area contributed by atoms with Gasteiger partial charge in [0.25, 0.3) is 10.0 Å². The van der Waals surface area contributed by atoms with Crippen LogP contribution in [0.2, 0.25) is 0 Å². The number of sulfonamides is 1. The number of anilines is 1. The predicted octanol–water partition coefficient (Wildman–Crippen LogP) is 4.67. The molecule has 0 fully saturated rings. The molecule has 5 heteroatoms. The minimum atomic E-state index is -3.62. The fourth-order valence-electron chi connectivity index (χ4n) is 2.46. The number of hydrogen-bond donors (Lipinski definition) is 1. The van der Waals surface area contributed by atoms with Gasteiger partial charge in [-0.25, -0.2) is 8.42 Å². The van der Waals surface area contributed by atoms with Crippen LogP contribution in [0.1, 0.15) is 22.4 Å². The van der Waals surface area contributed by atoms with Crippen LogP contribution >= 0.6 is 0 Å². The van der Waals surface area contributed by atoms with Gasteiger partial charge >= 0.3 is 0 Å². The Morgan fingerprint density at radius 1 is 0.885 bits per heavy atom. The second-order valence-electron chi connectivity index (χ2n) is 6.06. The molecular formula is C21H20N2O2S. The number of rotatable bonds is 5. The number of pyridine rings is 1. The summed E-state index contributed by atoms with van der Waals surface area (Å²) in [5.74, 6) is 0. The molecule has 1 aromatic heterocycles.